The molecule has 1 rings (SSSR count). The van der Waals surface area contributed by atoms with Crippen molar-refractivity contribution in [2.45, 2.75) is 24.4 Å². The zero-order chi connectivity index (χ0) is 14.4. The van der Waals surface area contributed by atoms with Crippen molar-refractivity contribution in [1.82, 2.24) is 0 Å². The lowest BCUT2D eigenvalue weighted by atomic mass is 10.0. The van der Waals surface area contributed by atoms with Crippen molar-refractivity contribution in [3.63, 3.8) is 0 Å². The second kappa shape index (κ2) is 7.42. The van der Waals surface area contributed by atoms with E-state index in [2.05, 4.69) is 0 Å². The third-order valence-electron chi connectivity index (χ3n) is 2.98. The smallest absolute Gasteiger partial charge is 0.111 e. The van der Waals surface area contributed by atoms with Crippen molar-refractivity contribution >= 4 is 5.69 Å². The number of anilines is 1. The van der Waals surface area contributed by atoms with Gasteiger partial charge >= 0.3 is 0 Å². The molecule has 6 nitrogen and oxygen atoms in total. The Balaban J connectivity index is 2.57. The predicted octanol–water partition coefficient (Wildman–Crippen LogP) is -1.44. The summed E-state index contributed by atoms with van der Waals surface area (Å²) < 4.78 is 0. The molecule has 1 aromatic carbocycles. The molecule has 108 valence electrons. The van der Waals surface area contributed by atoms with E-state index in [0.717, 1.165) is 5.69 Å². The van der Waals surface area contributed by atoms with Crippen LogP contribution in [0.25, 0.3) is 0 Å². The SMILES string of the molecule is CN(C[C@H](O)[C@@H](O)[C@H](O)[C@H](O)CO)c1ccccc1. The first kappa shape index (κ1) is 15.9. The summed E-state index contributed by atoms with van der Waals surface area (Å²) in [6.45, 7) is -0.597. The summed E-state index contributed by atoms with van der Waals surface area (Å²) in [5, 5.41) is 46.9. The maximum Gasteiger partial charge on any atom is 0.111 e. The zero-order valence-electron chi connectivity index (χ0n) is 10.8. The molecule has 0 amide bonds. The Hall–Kier alpha value is -1.18. The minimum absolute atomic E-state index is 0.0837. The van der Waals surface area contributed by atoms with E-state index in [1.807, 2.05) is 30.3 Å². The summed E-state index contributed by atoms with van der Waals surface area (Å²) >= 11 is 0. The van der Waals surface area contributed by atoms with Crippen LogP contribution < -0.4 is 4.90 Å². The number of hydrogen-bond acceptors (Lipinski definition) is 6. The lowest BCUT2D eigenvalue weighted by Gasteiger charge is -2.29. The van der Waals surface area contributed by atoms with Crippen molar-refractivity contribution in [3.8, 4) is 0 Å². The third-order valence-corrected chi connectivity index (χ3v) is 2.98. The number of aliphatic hydroxyl groups excluding tert-OH is 5. The Kier molecular flexibility index (Phi) is 6.20. The fraction of sp³-hybridized carbons (Fsp3) is 0.538. The van der Waals surface area contributed by atoms with E-state index in [1.54, 1.807) is 11.9 Å². The summed E-state index contributed by atoms with van der Waals surface area (Å²) in [4.78, 5) is 1.71. The van der Waals surface area contributed by atoms with Gasteiger partial charge in [0.15, 0.2) is 0 Å². The molecular formula is C13H21NO5. The van der Waals surface area contributed by atoms with Gasteiger partial charge in [0.1, 0.15) is 18.3 Å². The van der Waals surface area contributed by atoms with Gasteiger partial charge in [0.05, 0.1) is 12.7 Å². The molecule has 1 aromatic rings. The minimum Gasteiger partial charge on any atom is -0.394 e. The Morgan fingerprint density at radius 2 is 1.47 bits per heavy atom. The van der Waals surface area contributed by atoms with Gasteiger partial charge in [-0.2, -0.15) is 0 Å². The van der Waals surface area contributed by atoms with Crippen molar-refractivity contribution in [3.05, 3.63) is 30.3 Å². The van der Waals surface area contributed by atoms with Crippen LogP contribution in [0.3, 0.4) is 0 Å². The largest absolute Gasteiger partial charge is 0.394 e. The molecule has 0 saturated carbocycles. The first-order chi connectivity index (χ1) is 8.97. The van der Waals surface area contributed by atoms with Gasteiger partial charge < -0.3 is 30.4 Å². The maximum atomic E-state index is 9.82. The van der Waals surface area contributed by atoms with Crippen LogP contribution in [0, 0.1) is 0 Å². The summed E-state index contributed by atoms with van der Waals surface area (Å²) in [5.41, 5.74) is 0.853. The highest BCUT2D eigenvalue weighted by Crippen LogP contribution is 2.13. The summed E-state index contributed by atoms with van der Waals surface area (Å²) in [6.07, 6.45) is -5.86. The third kappa shape index (κ3) is 4.45. The van der Waals surface area contributed by atoms with Crippen LogP contribution in [0.2, 0.25) is 0 Å². The van der Waals surface area contributed by atoms with Crippen LogP contribution in [0.15, 0.2) is 30.3 Å². The van der Waals surface area contributed by atoms with Gasteiger partial charge in [-0.25, -0.2) is 0 Å². The van der Waals surface area contributed by atoms with Crippen molar-refractivity contribution < 1.29 is 25.5 Å². The van der Waals surface area contributed by atoms with Crippen LogP contribution >= 0.6 is 0 Å². The van der Waals surface area contributed by atoms with E-state index in [0.29, 0.717) is 0 Å². The van der Waals surface area contributed by atoms with Gasteiger partial charge in [0, 0.05) is 19.3 Å². The number of benzene rings is 1. The fourth-order valence-corrected chi connectivity index (χ4v) is 1.74. The van der Waals surface area contributed by atoms with Gasteiger partial charge in [-0.1, -0.05) is 18.2 Å². The molecule has 0 unspecified atom stereocenters. The molecule has 0 aliphatic carbocycles. The molecule has 4 atom stereocenters. The number of para-hydroxylation sites is 1. The molecular weight excluding hydrogens is 250 g/mol. The van der Waals surface area contributed by atoms with Gasteiger partial charge in [-0.3, -0.25) is 0 Å². The van der Waals surface area contributed by atoms with Gasteiger partial charge in [-0.05, 0) is 12.1 Å². The molecule has 0 aliphatic heterocycles. The Morgan fingerprint density at radius 3 is 2.00 bits per heavy atom. The number of hydrogen-bond donors (Lipinski definition) is 5. The fourth-order valence-electron chi connectivity index (χ4n) is 1.74. The van der Waals surface area contributed by atoms with Crippen LogP contribution in [0.4, 0.5) is 5.69 Å². The van der Waals surface area contributed by atoms with Crippen LogP contribution in [0.5, 0.6) is 0 Å². The molecule has 5 N–H and O–H groups in total. The number of nitrogens with zero attached hydrogens (tertiary/aromatic N) is 1. The highest BCUT2D eigenvalue weighted by Gasteiger charge is 2.30. The molecule has 0 bridgehead atoms. The van der Waals surface area contributed by atoms with Crippen LogP contribution in [0.1, 0.15) is 0 Å². The molecule has 0 fully saturated rings. The van der Waals surface area contributed by atoms with Crippen molar-refractivity contribution in [1.29, 1.82) is 0 Å². The quantitative estimate of drug-likeness (QED) is 0.416. The second-order valence-corrected chi connectivity index (χ2v) is 4.51. The first-order valence-electron chi connectivity index (χ1n) is 6.06. The lowest BCUT2D eigenvalue weighted by Crippen LogP contribution is -2.49. The summed E-state index contributed by atoms with van der Waals surface area (Å²) in [6, 6.07) is 9.25. The second-order valence-electron chi connectivity index (χ2n) is 4.51. The van der Waals surface area contributed by atoms with Crippen LogP contribution in [-0.2, 0) is 0 Å². The monoisotopic (exact) mass is 271 g/mol. The van der Waals surface area contributed by atoms with Crippen LogP contribution in [-0.4, -0.2) is 70.1 Å². The average molecular weight is 271 g/mol. The molecule has 0 spiro atoms. The number of aliphatic hydroxyl groups is 5. The highest BCUT2D eigenvalue weighted by atomic mass is 16.4. The van der Waals surface area contributed by atoms with Gasteiger partial charge in [0.2, 0.25) is 0 Å². The Bertz CT molecular complexity index is 361. The zero-order valence-corrected chi connectivity index (χ0v) is 10.8. The standard InChI is InChI=1S/C13H21NO5/c1-14(9-5-3-2-4-6-9)7-10(16)12(18)13(19)11(17)8-15/h2-6,10-13,15-19H,7-8H2,1H3/t10-,11+,12+,13+/m0/s1. The number of likely N-dealkylation sites (N-methyl/N-ethyl adjacent to an activating group) is 1. The molecule has 19 heavy (non-hydrogen) atoms. The van der Waals surface area contributed by atoms with E-state index in [-0.39, 0.29) is 6.54 Å². The van der Waals surface area contributed by atoms with Crippen molar-refractivity contribution in [2.75, 3.05) is 25.1 Å². The predicted molar refractivity (Wildman–Crippen MR) is 70.8 cm³/mol. The summed E-state index contributed by atoms with van der Waals surface area (Å²) in [5.74, 6) is 0. The summed E-state index contributed by atoms with van der Waals surface area (Å²) in [7, 11) is 1.74. The first-order valence-corrected chi connectivity index (χ1v) is 6.06. The molecule has 0 radical (unpaired) electrons. The topological polar surface area (TPSA) is 104 Å². The number of rotatable bonds is 7. The molecule has 0 heterocycles. The van der Waals surface area contributed by atoms with Gasteiger partial charge in [0.25, 0.3) is 0 Å². The molecule has 6 heteroatoms. The van der Waals surface area contributed by atoms with Gasteiger partial charge in [-0.15, -0.1) is 0 Å². The lowest BCUT2D eigenvalue weighted by molar-refractivity contribution is -0.112. The molecule has 0 saturated heterocycles. The van der Waals surface area contributed by atoms with E-state index in [4.69, 9.17) is 5.11 Å². The normalized spacial score (nSPS) is 17.6. The van der Waals surface area contributed by atoms with E-state index in [9.17, 15) is 20.4 Å². The van der Waals surface area contributed by atoms with E-state index in [1.165, 1.54) is 0 Å². The van der Waals surface area contributed by atoms with E-state index >= 15 is 0 Å². The van der Waals surface area contributed by atoms with E-state index < -0.39 is 31.0 Å². The minimum atomic E-state index is -1.59. The molecule has 0 aliphatic rings. The average Bonchev–Trinajstić information content (AvgIpc) is 2.45. The molecule has 0 aromatic heterocycles. The highest BCUT2D eigenvalue weighted by molar-refractivity contribution is 5.45. The Morgan fingerprint density at radius 1 is 0.947 bits per heavy atom. The van der Waals surface area contributed by atoms with Crippen molar-refractivity contribution in [2.24, 2.45) is 0 Å². The maximum absolute atomic E-state index is 9.82. The Labute approximate surface area is 112 Å².